The van der Waals surface area contributed by atoms with Crippen LogP contribution in [0.5, 0.6) is 0 Å². The van der Waals surface area contributed by atoms with Crippen molar-refractivity contribution in [1.29, 1.82) is 5.41 Å². The molecule has 134 valence electrons. The summed E-state index contributed by atoms with van der Waals surface area (Å²) in [5.74, 6) is 1.16. The quantitative estimate of drug-likeness (QED) is 0.410. The minimum atomic E-state index is -0.250. The summed E-state index contributed by atoms with van der Waals surface area (Å²) in [6.07, 6.45) is 9.15. The summed E-state index contributed by atoms with van der Waals surface area (Å²) in [6, 6.07) is 1.81. The zero-order valence-corrected chi connectivity index (χ0v) is 14.7. The van der Waals surface area contributed by atoms with Gasteiger partial charge >= 0.3 is 0 Å². The zero-order chi connectivity index (χ0) is 18.5. The molecule has 5 N–H and O–H groups in total. The second kappa shape index (κ2) is 7.87. The van der Waals surface area contributed by atoms with Crippen molar-refractivity contribution < 1.29 is 9.90 Å². The lowest BCUT2D eigenvalue weighted by Gasteiger charge is -2.12. The zero-order valence-electron chi connectivity index (χ0n) is 13.9. The Morgan fingerprint density at radius 2 is 2.04 bits per heavy atom. The van der Waals surface area contributed by atoms with Crippen molar-refractivity contribution in [3.05, 3.63) is 34.6 Å². The van der Waals surface area contributed by atoms with E-state index in [-0.39, 0.29) is 6.47 Å². The molecule has 0 aliphatic heterocycles. The number of carboxylic acid groups (broad SMARTS) is 1. The third-order valence-corrected chi connectivity index (χ3v) is 5.32. The molecule has 0 aromatic carbocycles. The standard InChI is InChI=1S/C16H16N6S.CH2O2/c17-6-9-5-10(7-19-14(9)18)22-15-13-11-3-1-2-4-12(11)23-16(13)21-8-20-15;2-1-3/h5-8,17H,1-4H2,(H2,18,19)(H,20,21,22);1H,(H,2,3). The van der Waals surface area contributed by atoms with E-state index in [9.17, 15) is 0 Å². The van der Waals surface area contributed by atoms with E-state index in [0.717, 1.165) is 34.6 Å². The Morgan fingerprint density at radius 3 is 2.81 bits per heavy atom. The highest BCUT2D eigenvalue weighted by atomic mass is 32.1. The molecule has 0 atom stereocenters. The number of hydrogen-bond acceptors (Lipinski definition) is 8. The summed E-state index contributed by atoms with van der Waals surface area (Å²) in [6.45, 7) is -0.250. The molecule has 26 heavy (non-hydrogen) atoms. The van der Waals surface area contributed by atoms with Crippen molar-refractivity contribution in [3.63, 3.8) is 0 Å². The molecule has 1 aliphatic rings. The van der Waals surface area contributed by atoms with E-state index in [1.807, 2.05) is 6.07 Å². The summed E-state index contributed by atoms with van der Waals surface area (Å²) < 4.78 is 0. The number of hydrogen-bond donors (Lipinski definition) is 4. The van der Waals surface area contributed by atoms with Gasteiger partial charge in [0.2, 0.25) is 0 Å². The summed E-state index contributed by atoms with van der Waals surface area (Å²) in [7, 11) is 0. The number of anilines is 3. The molecule has 4 rings (SSSR count). The highest BCUT2D eigenvalue weighted by Gasteiger charge is 2.20. The van der Waals surface area contributed by atoms with Gasteiger partial charge in [-0.25, -0.2) is 15.0 Å². The fourth-order valence-corrected chi connectivity index (χ4v) is 4.23. The van der Waals surface area contributed by atoms with Gasteiger partial charge in [0.15, 0.2) is 0 Å². The molecule has 0 spiro atoms. The summed E-state index contributed by atoms with van der Waals surface area (Å²) in [5, 5.41) is 18.7. The van der Waals surface area contributed by atoms with Crippen molar-refractivity contribution >= 4 is 51.6 Å². The first-order valence-corrected chi connectivity index (χ1v) is 8.85. The Balaban J connectivity index is 0.000000613. The number of rotatable bonds is 3. The Labute approximate surface area is 153 Å². The van der Waals surface area contributed by atoms with Crippen molar-refractivity contribution in [2.45, 2.75) is 25.7 Å². The molecule has 0 amide bonds. The SMILES string of the molecule is N=Cc1cc(Nc2ncnc3sc4c(c23)CCCC4)cnc1N.O=CO. The van der Waals surface area contributed by atoms with Crippen LogP contribution in [0.3, 0.4) is 0 Å². The molecule has 3 aromatic rings. The summed E-state index contributed by atoms with van der Waals surface area (Å²) in [5.41, 5.74) is 8.49. The first-order chi connectivity index (χ1) is 12.7. The smallest absolute Gasteiger partial charge is 0.290 e. The minimum absolute atomic E-state index is 0.250. The third kappa shape index (κ3) is 3.47. The van der Waals surface area contributed by atoms with Crippen LogP contribution >= 0.6 is 11.3 Å². The van der Waals surface area contributed by atoms with Gasteiger partial charge in [-0.05, 0) is 37.3 Å². The number of fused-ring (bicyclic) bond motifs is 3. The molecular formula is C17H18N6O2S. The van der Waals surface area contributed by atoms with Crippen LogP contribution in [0.15, 0.2) is 18.6 Å². The number of aryl methyl sites for hydroxylation is 2. The highest BCUT2D eigenvalue weighted by Crippen LogP contribution is 2.38. The van der Waals surface area contributed by atoms with Crippen LogP contribution in [0.1, 0.15) is 28.8 Å². The van der Waals surface area contributed by atoms with Crippen molar-refractivity contribution in [2.75, 3.05) is 11.1 Å². The normalized spacial score (nSPS) is 12.6. The summed E-state index contributed by atoms with van der Waals surface area (Å²) >= 11 is 1.77. The van der Waals surface area contributed by atoms with Crippen LogP contribution < -0.4 is 11.1 Å². The number of carbonyl (C=O) groups is 1. The average Bonchev–Trinajstić information content (AvgIpc) is 3.03. The van der Waals surface area contributed by atoms with E-state index in [4.69, 9.17) is 21.0 Å². The Morgan fingerprint density at radius 1 is 1.27 bits per heavy atom. The lowest BCUT2D eigenvalue weighted by molar-refractivity contribution is -0.122. The number of pyridine rings is 1. The number of nitrogen functional groups attached to an aromatic ring is 1. The number of nitrogens with zero attached hydrogens (tertiary/aromatic N) is 3. The fourth-order valence-electron chi connectivity index (χ4n) is 3.00. The van der Waals surface area contributed by atoms with E-state index in [1.54, 1.807) is 23.9 Å². The average molecular weight is 370 g/mol. The number of nitrogens with one attached hydrogen (secondary N) is 2. The second-order valence-corrected chi connectivity index (χ2v) is 6.77. The molecule has 0 radical (unpaired) electrons. The van der Waals surface area contributed by atoms with E-state index >= 15 is 0 Å². The van der Waals surface area contributed by atoms with Crippen molar-refractivity contribution in [1.82, 2.24) is 15.0 Å². The molecule has 9 heteroatoms. The van der Waals surface area contributed by atoms with E-state index in [1.165, 1.54) is 29.5 Å². The minimum Gasteiger partial charge on any atom is -0.483 e. The second-order valence-electron chi connectivity index (χ2n) is 5.69. The molecule has 8 nitrogen and oxygen atoms in total. The monoisotopic (exact) mass is 370 g/mol. The highest BCUT2D eigenvalue weighted by molar-refractivity contribution is 7.19. The third-order valence-electron chi connectivity index (χ3n) is 4.12. The molecule has 0 saturated heterocycles. The molecular weight excluding hydrogens is 352 g/mol. The van der Waals surface area contributed by atoms with E-state index < -0.39 is 0 Å². The number of nitrogens with two attached hydrogens (primary N) is 1. The van der Waals surface area contributed by atoms with Crippen LogP contribution in [-0.4, -0.2) is 32.7 Å². The first kappa shape index (κ1) is 17.7. The molecule has 0 unspecified atom stereocenters. The van der Waals surface area contributed by atoms with Gasteiger partial charge in [0, 0.05) is 16.7 Å². The first-order valence-electron chi connectivity index (χ1n) is 8.04. The maximum Gasteiger partial charge on any atom is 0.290 e. The van der Waals surface area contributed by atoms with Gasteiger partial charge in [0.25, 0.3) is 6.47 Å². The largest absolute Gasteiger partial charge is 0.483 e. The van der Waals surface area contributed by atoms with E-state index in [0.29, 0.717) is 11.4 Å². The van der Waals surface area contributed by atoms with Gasteiger partial charge in [-0.3, -0.25) is 4.79 Å². The lowest BCUT2D eigenvalue weighted by Crippen LogP contribution is -2.02. The van der Waals surface area contributed by atoms with Crippen LogP contribution in [0.2, 0.25) is 0 Å². The molecule has 0 saturated carbocycles. The lowest BCUT2D eigenvalue weighted by atomic mass is 9.97. The van der Waals surface area contributed by atoms with Crippen LogP contribution in [-0.2, 0) is 17.6 Å². The predicted octanol–water partition coefficient (Wildman–Crippen LogP) is 2.99. The fraction of sp³-hybridized carbons (Fsp3) is 0.235. The Bertz CT molecular complexity index is 956. The summed E-state index contributed by atoms with van der Waals surface area (Å²) in [4.78, 5) is 23.8. The predicted molar refractivity (Wildman–Crippen MR) is 103 cm³/mol. The molecule has 3 aromatic heterocycles. The van der Waals surface area contributed by atoms with Crippen molar-refractivity contribution in [2.24, 2.45) is 0 Å². The van der Waals surface area contributed by atoms with Crippen LogP contribution in [0.4, 0.5) is 17.3 Å². The molecule has 0 bridgehead atoms. The van der Waals surface area contributed by atoms with Gasteiger partial charge in [0.05, 0.1) is 17.3 Å². The van der Waals surface area contributed by atoms with Gasteiger partial charge in [-0.2, -0.15) is 0 Å². The van der Waals surface area contributed by atoms with Gasteiger partial charge < -0.3 is 21.6 Å². The molecule has 1 aliphatic carbocycles. The van der Waals surface area contributed by atoms with Crippen molar-refractivity contribution in [3.8, 4) is 0 Å². The van der Waals surface area contributed by atoms with E-state index in [2.05, 4.69) is 20.3 Å². The topological polar surface area (TPSA) is 138 Å². The van der Waals surface area contributed by atoms with Gasteiger partial charge in [-0.1, -0.05) is 0 Å². The van der Waals surface area contributed by atoms with Crippen LogP contribution in [0.25, 0.3) is 10.2 Å². The van der Waals surface area contributed by atoms with Gasteiger partial charge in [0.1, 0.15) is 22.8 Å². The Hall–Kier alpha value is -3.07. The maximum absolute atomic E-state index is 8.36. The molecule has 3 heterocycles. The van der Waals surface area contributed by atoms with Crippen LogP contribution in [0, 0.1) is 5.41 Å². The number of aromatic nitrogens is 3. The molecule has 0 fully saturated rings. The van der Waals surface area contributed by atoms with Gasteiger partial charge in [-0.15, -0.1) is 11.3 Å². The number of thiophene rings is 1. The maximum atomic E-state index is 8.36. The Kier molecular flexibility index (Phi) is 5.37.